The molecule has 0 radical (unpaired) electrons. The van der Waals surface area contributed by atoms with Crippen LogP contribution in [0.3, 0.4) is 0 Å². The molecule has 1 atom stereocenters. The van der Waals surface area contributed by atoms with Crippen molar-refractivity contribution in [2.75, 3.05) is 0 Å². The van der Waals surface area contributed by atoms with Crippen LogP contribution in [-0.4, -0.2) is 15.1 Å². The number of aliphatic hydroxyl groups excluding tert-OH is 1. The molecule has 5 heteroatoms. The average molecular weight is 285 g/mol. The fraction of sp³-hybridized carbons (Fsp3) is 0.200. The van der Waals surface area contributed by atoms with E-state index < -0.39 is 6.10 Å². The number of aliphatic hydroxyl groups is 1. The Morgan fingerprint density at radius 2 is 2.27 bits per heavy atom. The zero-order valence-electron chi connectivity index (χ0n) is 8.01. The number of nitrogens with zero attached hydrogens (tertiary/aromatic N) is 2. The Labute approximate surface area is 100.0 Å². The molecule has 15 heavy (non-hydrogen) atoms. The molecule has 0 saturated heterocycles. The van der Waals surface area contributed by atoms with Crippen LogP contribution in [0.25, 0.3) is 0 Å². The zero-order valence-corrected chi connectivity index (χ0v) is 10.4. The van der Waals surface area contributed by atoms with E-state index in [9.17, 15) is 5.11 Å². The standard InChI is InChI=1S/C10H9BrN2OS/c1-6-2-3-7(4-12-6)9(14)10-13-8(11)5-15-10/h2-5,9,14H,1H3. The summed E-state index contributed by atoms with van der Waals surface area (Å²) in [6, 6.07) is 3.74. The predicted molar refractivity (Wildman–Crippen MR) is 62.8 cm³/mol. The van der Waals surface area contributed by atoms with E-state index in [2.05, 4.69) is 25.9 Å². The molecule has 0 aliphatic rings. The average Bonchev–Trinajstić information content (AvgIpc) is 2.65. The first-order valence-electron chi connectivity index (χ1n) is 4.38. The molecule has 0 bridgehead atoms. The highest BCUT2D eigenvalue weighted by atomic mass is 79.9. The van der Waals surface area contributed by atoms with Crippen molar-refractivity contribution in [3.05, 3.63) is 44.6 Å². The van der Waals surface area contributed by atoms with E-state index in [1.54, 1.807) is 6.20 Å². The monoisotopic (exact) mass is 284 g/mol. The molecule has 0 spiro atoms. The summed E-state index contributed by atoms with van der Waals surface area (Å²) in [5.41, 5.74) is 1.70. The summed E-state index contributed by atoms with van der Waals surface area (Å²) in [7, 11) is 0. The number of halogens is 1. The lowest BCUT2D eigenvalue weighted by Gasteiger charge is -2.06. The summed E-state index contributed by atoms with van der Waals surface area (Å²) in [6.45, 7) is 1.91. The van der Waals surface area contributed by atoms with Crippen molar-refractivity contribution in [1.82, 2.24) is 9.97 Å². The number of aryl methyl sites for hydroxylation is 1. The summed E-state index contributed by atoms with van der Waals surface area (Å²) in [4.78, 5) is 8.30. The predicted octanol–water partition coefficient (Wildman–Crippen LogP) is 2.69. The van der Waals surface area contributed by atoms with Gasteiger partial charge in [0.05, 0.1) is 0 Å². The number of thiazole rings is 1. The number of hydrogen-bond acceptors (Lipinski definition) is 4. The van der Waals surface area contributed by atoms with Crippen LogP contribution in [0, 0.1) is 6.92 Å². The van der Waals surface area contributed by atoms with Crippen LogP contribution in [0.15, 0.2) is 28.3 Å². The molecule has 3 nitrogen and oxygen atoms in total. The smallest absolute Gasteiger partial charge is 0.132 e. The Morgan fingerprint density at radius 3 is 2.80 bits per heavy atom. The quantitative estimate of drug-likeness (QED) is 0.922. The van der Waals surface area contributed by atoms with E-state index in [1.807, 2.05) is 24.4 Å². The van der Waals surface area contributed by atoms with Crippen LogP contribution < -0.4 is 0 Å². The third kappa shape index (κ3) is 2.42. The van der Waals surface area contributed by atoms with Gasteiger partial charge in [-0.1, -0.05) is 6.07 Å². The second-order valence-electron chi connectivity index (χ2n) is 3.14. The number of pyridine rings is 1. The lowest BCUT2D eigenvalue weighted by atomic mass is 10.1. The summed E-state index contributed by atoms with van der Waals surface area (Å²) in [5.74, 6) is 0. The van der Waals surface area contributed by atoms with Gasteiger partial charge in [0.25, 0.3) is 0 Å². The summed E-state index contributed by atoms with van der Waals surface area (Å²) >= 11 is 4.68. The Balaban J connectivity index is 2.28. The maximum atomic E-state index is 9.98. The van der Waals surface area contributed by atoms with E-state index in [0.29, 0.717) is 5.01 Å². The van der Waals surface area contributed by atoms with Crippen molar-refractivity contribution in [2.45, 2.75) is 13.0 Å². The summed E-state index contributed by atoms with van der Waals surface area (Å²) in [6.07, 6.45) is 0.990. The van der Waals surface area contributed by atoms with Gasteiger partial charge in [-0.25, -0.2) is 4.98 Å². The van der Waals surface area contributed by atoms with E-state index in [4.69, 9.17) is 0 Å². The summed E-state index contributed by atoms with van der Waals surface area (Å²) in [5, 5.41) is 12.5. The van der Waals surface area contributed by atoms with Gasteiger partial charge >= 0.3 is 0 Å². The van der Waals surface area contributed by atoms with Crippen molar-refractivity contribution in [3.8, 4) is 0 Å². The first-order chi connectivity index (χ1) is 7.16. The Kier molecular flexibility index (Phi) is 3.14. The molecular formula is C10H9BrN2OS. The van der Waals surface area contributed by atoms with Crippen molar-refractivity contribution < 1.29 is 5.11 Å². The van der Waals surface area contributed by atoms with Gasteiger partial charge in [-0.15, -0.1) is 11.3 Å². The topological polar surface area (TPSA) is 46.0 Å². The largest absolute Gasteiger partial charge is 0.381 e. The molecule has 0 aliphatic carbocycles. The van der Waals surface area contributed by atoms with Gasteiger partial charge in [-0.3, -0.25) is 4.98 Å². The highest BCUT2D eigenvalue weighted by molar-refractivity contribution is 9.10. The molecule has 0 aliphatic heterocycles. The number of rotatable bonds is 2. The van der Waals surface area contributed by atoms with Crippen LogP contribution >= 0.6 is 27.3 Å². The minimum absolute atomic E-state index is 0.674. The molecule has 0 fully saturated rings. The Bertz CT molecular complexity index is 455. The van der Waals surface area contributed by atoms with Crippen LogP contribution in [0.2, 0.25) is 0 Å². The molecule has 2 aromatic heterocycles. The van der Waals surface area contributed by atoms with Crippen LogP contribution in [0.1, 0.15) is 22.4 Å². The van der Waals surface area contributed by atoms with Gasteiger partial charge in [0.15, 0.2) is 0 Å². The highest BCUT2D eigenvalue weighted by Gasteiger charge is 2.14. The maximum absolute atomic E-state index is 9.98. The molecule has 0 aromatic carbocycles. The van der Waals surface area contributed by atoms with E-state index in [-0.39, 0.29) is 0 Å². The first-order valence-corrected chi connectivity index (χ1v) is 6.05. The van der Waals surface area contributed by atoms with E-state index in [1.165, 1.54) is 11.3 Å². The second kappa shape index (κ2) is 4.38. The van der Waals surface area contributed by atoms with Crippen molar-refractivity contribution >= 4 is 27.3 Å². The van der Waals surface area contributed by atoms with E-state index in [0.717, 1.165) is 15.9 Å². The third-order valence-electron chi connectivity index (χ3n) is 1.98. The zero-order chi connectivity index (χ0) is 10.8. The van der Waals surface area contributed by atoms with Crippen LogP contribution in [0.4, 0.5) is 0 Å². The molecular weight excluding hydrogens is 276 g/mol. The summed E-state index contributed by atoms with van der Waals surface area (Å²) < 4.78 is 0.752. The van der Waals surface area contributed by atoms with Crippen molar-refractivity contribution in [3.63, 3.8) is 0 Å². The lowest BCUT2D eigenvalue weighted by molar-refractivity contribution is 0.219. The van der Waals surface area contributed by atoms with Crippen LogP contribution in [0.5, 0.6) is 0 Å². The van der Waals surface area contributed by atoms with Gasteiger partial charge in [0, 0.05) is 22.8 Å². The molecule has 2 heterocycles. The first kappa shape index (κ1) is 10.7. The molecule has 2 aromatic rings. The molecule has 78 valence electrons. The van der Waals surface area contributed by atoms with Gasteiger partial charge in [-0.2, -0.15) is 0 Å². The Morgan fingerprint density at radius 1 is 1.47 bits per heavy atom. The fourth-order valence-corrected chi connectivity index (χ4v) is 2.45. The lowest BCUT2D eigenvalue weighted by Crippen LogP contribution is -1.99. The van der Waals surface area contributed by atoms with Gasteiger partial charge in [-0.05, 0) is 28.9 Å². The van der Waals surface area contributed by atoms with Gasteiger partial charge in [0.1, 0.15) is 15.7 Å². The second-order valence-corrected chi connectivity index (χ2v) is 4.85. The molecule has 1 N–H and O–H groups in total. The van der Waals surface area contributed by atoms with Crippen LogP contribution in [-0.2, 0) is 0 Å². The number of hydrogen-bond donors (Lipinski definition) is 1. The molecule has 0 saturated carbocycles. The minimum Gasteiger partial charge on any atom is -0.381 e. The number of aromatic nitrogens is 2. The van der Waals surface area contributed by atoms with Gasteiger partial charge < -0.3 is 5.11 Å². The molecule has 1 unspecified atom stereocenters. The molecule has 0 amide bonds. The van der Waals surface area contributed by atoms with Gasteiger partial charge in [0.2, 0.25) is 0 Å². The SMILES string of the molecule is Cc1ccc(C(O)c2nc(Br)cs2)cn1. The molecule has 2 rings (SSSR count). The Hall–Kier alpha value is -0.780. The fourth-order valence-electron chi connectivity index (χ4n) is 1.18. The van der Waals surface area contributed by atoms with Crippen molar-refractivity contribution in [1.29, 1.82) is 0 Å². The minimum atomic E-state index is -0.686. The maximum Gasteiger partial charge on any atom is 0.132 e. The third-order valence-corrected chi connectivity index (χ3v) is 3.58. The highest BCUT2D eigenvalue weighted by Crippen LogP contribution is 2.26. The van der Waals surface area contributed by atoms with Crippen molar-refractivity contribution in [2.24, 2.45) is 0 Å². The van der Waals surface area contributed by atoms with E-state index >= 15 is 0 Å². The normalized spacial score (nSPS) is 12.7.